The predicted octanol–water partition coefficient (Wildman–Crippen LogP) is 4.26. The molecule has 1 fully saturated rings. The molecule has 2 aliphatic heterocycles. The van der Waals surface area contributed by atoms with Crippen LogP contribution in [-0.2, 0) is 16.0 Å². The number of anilines is 1. The van der Waals surface area contributed by atoms with E-state index in [0.29, 0.717) is 30.9 Å². The lowest BCUT2D eigenvalue weighted by atomic mass is 9.93. The first kappa shape index (κ1) is 22.8. The summed E-state index contributed by atoms with van der Waals surface area (Å²) >= 11 is 0. The number of hydrazone groups is 1. The van der Waals surface area contributed by atoms with Gasteiger partial charge in [-0.2, -0.15) is 5.10 Å². The van der Waals surface area contributed by atoms with Crippen LogP contribution in [0.2, 0.25) is 0 Å². The molecule has 0 radical (unpaired) electrons. The quantitative estimate of drug-likeness (QED) is 0.505. The number of nitrogens with zero attached hydrogens (tertiary/aromatic N) is 2. The third kappa shape index (κ3) is 6.34. The largest absolute Gasteiger partial charge is 0.493 e. The van der Waals surface area contributed by atoms with Crippen molar-refractivity contribution < 1.29 is 19.1 Å². The summed E-state index contributed by atoms with van der Waals surface area (Å²) in [6.45, 7) is 4.66. The SMILES string of the molecule is CCOC(=O)CC1COc2cc(C(=O)Nc3ccc(C=NN4CCCCC4)cc3)ccc2C1. The number of carbonyl (C=O) groups excluding carboxylic acids is 2. The van der Waals surface area contributed by atoms with E-state index in [4.69, 9.17) is 9.47 Å². The molecule has 0 aliphatic carbocycles. The van der Waals surface area contributed by atoms with Crippen molar-refractivity contribution in [3.05, 3.63) is 59.2 Å². The number of rotatable bonds is 7. The molecule has 2 heterocycles. The van der Waals surface area contributed by atoms with Crippen LogP contribution < -0.4 is 10.1 Å². The standard InChI is InChI=1S/C26H31N3O4/c1-2-32-25(30)15-20-14-21-8-9-22(16-24(21)33-18-20)26(31)28-23-10-6-19(7-11-23)17-27-29-12-4-3-5-13-29/h6-11,16-17,20H,2-5,12-15,18H2,1H3,(H,28,31). The van der Waals surface area contributed by atoms with E-state index in [0.717, 1.165) is 36.3 Å². The van der Waals surface area contributed by atoms with Crippen LogP contribution in [0.1, 0.15) is 54.1 Å². The van der Waals surface area contributed by atoms with Crippen molar-refractivity contribution in [1.82, 2.24) is 5.01 Å². The summed E-state index contributed by atoms with van der Waals surface area (Å²) < 4.78 is 10.9. The zero-order valence-corrected chi connectivity index (χ0v) is 19.1. The van der Waals surface area contributed by atoms with Gasteiger partial charge in [-0.3, -0.25) is 14.6 Å². The molecule has 2 aliphatic rings. The molecule has 0 saturated carbocycles. The first-order valence-electron chi connectivity index (χ1n) is 11.7. The summed E-state index contributed by atoms with van der Waals surface area (Å²) in [4.78, 5) is 24.5. The molecule has 4 rings (SSSR count). The molecule has 1 saturated heterocycles. The fraction of sp³-hybridized carbons (Fsp3) is 0.423. The highest BCUT2D eigenvalue weighted by Crippen LogP contribution is 2.30. The summed E-state index contributed by atoms with van der Waals surface area (Å²) in [5.74, 6) is 0.402. The predicted molar refractivity (Wildman–Crippen MR) is 128 cm³/mol. The van der Waals surface area contributed by atoms with Gasteiger partial charge >= 0.3 is 5.97 Å². The van der Waals surface area contributed by atoms with Gasteiger partial charge in [0, 0.05) is 30.3 Å². The fourth-order valence-corrected chi connectivity index (χ4v) is 4.16. The lowest BCUT2D eigenvalue weighted by Crippen LogP contribution is -2.24. The van der Waals surface area contributed by atoms with E-state index in [2.05, 4.69) is 15.4 Å². The number of hydrogen-bond donors (Lipinski definition) is 1. The zero-order valence-electron chi connectivity index (χ0n) is 19.1. The highest BCUT2D eigenvalue weighted by atomic mass is 16.5. The molecule has 1 unspecified atom stereocenters. The van der Waals surface area contributed by atoms with Gasteiger partial charge in [0.15, 0.2) is 0 Å². The van der Waals surface area contributed by atoms with E-state index in [1.807, 2.05) is 36.5 Å². The van der Waals surface area contributed by atoms with E-state index in [-0.39, 0.29) is 17.8 Å². The molecule has 1 amide bonds. The van der Waals surface area contributed by atoms with Crippen molar-refractivity contribution in [2.45, 2.75) is 39.0 Å². The number of nitrogens with one attached hydrogen (secondary N) is 1. The minimum atomic E-state index is -0.200. The average Bonchev–Trinajstić information content (AvgIpc) is 2.84. The molecule has 0 spiro atoms. The van der Waals surface area contributed by atoms with E-state index >= 15 is 0 Å². The highest BCUT2D eigenvalue weighted by molar-refractivity contribution is 6.04. The molecule has 2 aromatic carbocycles. The number of ether oxygens (including phenoxy) is 2. The van der Waals surface area contributed by atoms with Crippen LogP contribution in [0.15, 0.2) is 47.6 Å². The molecule has 7 heteroatoms. The van der Waals surface area contributed by atoms with Crippen molar-refractivity contribution in [2.24, 2.45) is 11.0 Å². The fourth-order valence-electron chi connectivity index (χ4n) is 4.16. The number of carbonyl (C=O) groups is 2. The van der Waals surface area contributed by atoms with E-state index in [1.165, 1.54) is 19.3 Å². The Morgan fingerprint density at radius 3 is 2.70 bits per heavy atom. The van der Waals surface area contributed by atoms with Crippen molar-refractivity contribution in [1.29, 1.82) is 0 Å². The first-order valence-corrected chi connectivity index (χ1v) is 11.7. The monoisotopic (exact) mass is 449 g/mol. The number of esters is 1. The summed E-state index contributed by atoms with van der Waals surface area (Å²) in [6.07, 6.45) is 6.62. The van der Waals surface area contributed by atoms with Crippen LogP contribution >= 0.6 is 0 Å². The zero-order chi connectivity index (χ0) is 23.0. The second-order valence-corrected chi connectivity index (χ2v) is 8.55. The summed E-state index contributed by atoms with van der Waals surface area (Å²) in [5.41, 5.74) is 3.26. The van der Waals surface area contributed by atoms with E-state index in [1.54, 1.807) is 19.1 Å². The summed E-state index contributed by atoms with van der Waals surface area (Å²) in [5, 5.41) is 9.59. The number of hydrogen-bond acceptors (Lipinski definition) is 6. The lowest BCUT2D eigenvalue weighted by molar-refractivity contribution is -0.144. The van der Waals surface area contributed by atoms with Gasteiger partial charge in [0.2, 0.25) is 0 Å². The topological polar surface area (TPSA) is 80.2 Å². The average molecular weight is 450 g/mol. The molecule has 0 aromatic heterocycles. The van der Waals surface area contributed by atoms with Crippen LogP contribution in [0.5, 0.6) is 5.75 Å². The number of benzene rings is 2. The molecule has 2 aromatic rings. The first-order chi connectivity index (χ1) is 16.1. The second kappa shape index (κ2) is 11.0. The Morgan fingerprint density at radius 2 is 1.94 bits per heavy atom. The van der Waals surface area contributed by atoms with Gasteiger partial charge < -0.3 is 14.8 Å². The third-order valence-electron chi connectivity index (χ3n) is 5.94. The lowest BCUT2D eigenvalue weighted by Gasteiger charge is -2.25. The normalized spacial score (nSPS) is 17.8. The third-order valence-corrected chi connectivity index (χ3v) is 5.94. The van der Waals surface area contributed by atoms with Crippen LogP contribution in [0.3, 0.4) is 0 Å². The molecule has 1 atom stereocenters. The second-order valence-electron chi connectivity index (χ2n) is 8.55. The van der Waals surface area contributed by atoms with E-state index in [9.17, 15) is 9.59 Å². The van der Waals surface area contributed by atoms with Gasteiger partial charge in [-0.1, -0.05) is 18.2 Å². The molecule has 7 nitrogen and oxygen atoms in total. The van der Waals surface area contributed by atoms with Crippen molar-refractivity contribution in [3.8, 4) is 5.75 Å². The molecule has 0 bridgehead atoms. The Kier molecular flexibility index (Phi) is 7.60. The van der Waals surface area contributed by atoms with Crippen LogP contribution in [0.4, 0.5) is 5.69 Å². The maximum Gasteiger partial charge on any atom is 0.306 e. The Bertz CT molecular complexity index is 997. The number of fused-ring (bicyclic) bond motifs is 1. The number of piperidine rings is 1. The van der Waals surface area contributed by atoms with Crippen LogP contribution in [-0.4, -0.2) is 49.4 Å². The Morgan fingerprint density at radius 1 is 1.15 bits per heavy atom. The minimum absolute atomic E-state index is 0.0909. The van der Waals surface area contributed by atoms with Crippen LogP contribution in [0, 0.1) is 5.92 Å². The van der Waals surface area contributed by atoms with Crippen molar-refractivity contribution in [3.63, 3.8) is 0 Å². The van der Waals surface area contributed by atoms with Crippen molar-refractivity contribution >= 4 is 23.8 Å². The Balaban J connectivity index is 1.32. The molecule has 1 N–H and O–H groups in total. The number of amides is 1. The smallest absolute Gasteiger partial charge is 0.306 e. The van der Waals surface area contributed by atoms with Gasteiger partial charge in [-0.05, 0) is 68.0 Å². The maximum atomic E-state index is 12.7. The van der Waals surface area contributed by atoms with Gasteiger partial charge in [-0.25, -0.2) is 0 Å². The molecular formula is C26H31N3O4. The van der Waals surface area contributed by atoms with Gasteiger partial charge in [-0.15, -0.1) is 0 Å². The van der Waals surface area contributed by atoms with Crippen molar-refractivity contribution in [2.75, 3.05) is 31.6 Å². The Labute approximate surface area is 194 Å². The summed E-state index contributed by atoms with van der Waals surface area (Å²) in [6, 6.07) is 13.1. The highest BCUT2D eigenvalue weighted by Gasteiger charge is 2.24. The van der Waals surface area contributed by atoms with Gasteiger partial charge in [0.25, 0.3) is 5.91 Å². The molecule has 174 valence electrons. The van der Waals surface area contributed by atoms with Gasteiger partial charge in [0.1, 0.15) is 5.75 Å². The maximum absolute atomic E-state index is 12.7. The Hall–Kier alpha value is -3.35. The van der Waals surface area contributed by atoms with Gasteiger partial charge in [0.05, 0.1) is 25.8 Å². The van der Waals surface area contributed by atoms with Crippen LogP contribution in [0.25, 0.3) is 0 Å². The molecule has 33 heavy (non-hydrogen) atoms. The van der Waals surface area contributed by atoms with E-state index < -0.39 is 0 Å². The summed E-state index contributed by atoms with van der Waals surface area (Å²) in [7, 11) is 0. The minimum Gasteiger partial charge on any atom is -0.493 e. The molecular weight excluding hydrogens is 418 g/mol.